The summed E-state index contributed by atoms with van der Waals surface area (Å²) < 4.78 is 28.3. The fourth-order valence-electron chi connectivity index (χ4n) is 10.6. The van der Waals surface area contributed by atoms with Gasteiger partial charge in [0.25, 0.3) is 17.4 Å². The van der Waals surface area contributed by atoms with Crippen LogP contribution in [-0.2, 0) is 84.2 Å². The number of rotatable bonds is 24. The van der Waals surface area contributed by atoms with Gasteiger partial charge in [-0.3, -0.25) is 48.1 Å². The molecule has 22 nitrogen and oxygen atoms in total. The number of nitrogens with zero attached hydrogens (tertiary/aromatic N) is 3. The highest BCUT2D eigenvalue weighted by molar-refractivity contribution is 6.12. The molecule has 5 heterocycles. The lowest BCUT2D eigenvalue weighted by atomic mass is 9.81. The highest BCUT2D eigenvalue weighted by Crippen LogP contribution is 2.46. The number of carbonyl (C=O) groups is 9. The number of esters is 1. The van der Waals surface area contributed by atoms with Gasteiger partial charge in [-0.05, 0) is 79.7 Å². The maximum absolute atomic E-state index is 15.5. The molecule has 0 bridgehead atoms. The van der Waals surface area contributed by atoms with Gasteiger partial charge < -0.3 is 51.0 Å². The Balaban J connectivity index is 0.785. The second-order valence-electron chi connectivity index (χ2n) is 20.5. The molecule has 2 aliphatic carbocycles. The van der Waals surface area contributed by atoms with Crippen LogP contribution in [0.2, 0.25) is 0 Å². The Labute approximate surface area is 452 Å². The van der Waals surface area contributed by atoms with Crippen LogP contribution < -0.4 is 37.5 Å². The number of aromatic nitrogens is 2. The molecule has 3 aliphatic heterocycles. The van der Waals surface area contributed by atoms with Crippen LogP contribution in [0.15, 0.2) is 59.4 Å². The van der Waals surface area contributed by atoms with Crippen LogP contribution in [0.4, 0.5) is 4.39 Å². The zero-order chi connectivity index (χ0) is 56.1. The third-order valence-corrected chi connectivity index (χ3v) is 15.2. The van der Waals surface area contributed by atoms with Crippen molar-refractivity contribution in [1.29, 1.82) is 0 Å². The Bertz CT molecular complexity index is 3230. The number of benzene rings is 2. The zero-order valence-corrected chi connectivity index (χ0v) is 43.8. The molecule has 4 aromatic rings. The van der Waals surface area contributed by atoms with E-state index in [2.05, 4.69) is 31.9 Å². The SMILES string of the molecule is CC[C@@]1(O)C(=O)OCc2c1cc1n(c2=O)Cc2c-1nc1cc(F)c(C)c3c1c2[C@@H](NC(=O)C(CC1CC1)OCNC(=O)CNC(=O)[C@H](Cc1ccccc1)NC(=O)CNC(=O)CNC(=O)CCCCCN1C(=O)C=CC1=O)CC3. The van der Waals surface area contributed by atoms with Gasteiger partial charge in [0.15, 0.2) is 5.60 Å². The van der Waals surface area contributed by atoms with E-state index < -0.39 is 103 Å². The summed E-state index contributed by atoms with van der Waals surface area (Å²) in [6.45, 7) is 1.45. The van der Waals surface area contributed by atoms with E-state index in [1.54, 1.807) is 50.2 Å². The largest absolute Gasteiger partial charge is 0.458 e. The number of hydrogen-bond acceptors (Lipinski definition) is 14. The Hall–Kier alpha value is -8.18. The average molecular weight is 1090 g/mol. The number of amides is 8. The first-order valence-electron chi connectivity index (χ1n) is 26.6. The van der Waals surface area contributed by atoms with E-state index in [-0.39, 0.29) is 67.8 Å². The van der Waals surface area contributed by atoms with E-state index in [1.807, 2.05) is 0 Å². The van der Waals surface area contributed by atoms with E-state index in [9.17, 15) is 53.1 Å². The van der Waals surface area contributed by atoms with Crippen LogP contribution in [0.5, 0.6) is 0 Å². The molecule has 1 fully saturated rings. The second-order valence-corrected chi connectivity index (χ2v) is 20.5. The number of imide groups is 1. The molecule has 5 aliphatic rings. The van der Waals surface area contributed by atoms with Crippen molar-refractivity contribution in [2.45, 2.75) is 121 Å². The number of halogens is 1. The number of nitrogens with one attached hydrogen (secondary N) is 6. The summed E-state index contributed by atoms with van der Waals surface area (Å²) in [6.07, 6.45) is 5.96. The van der Waals surface area contributed by atoms with Crippen molar-refractivity contribution >= 4 is 64.1 Å². The average Bonchev–Trinajstić information content (AvgIpc) is 3.66. The lowest BCUT2D eigenvalue weighted by Gasteiger charge is -2.31. The number of pyridine rings is 2. The van der Waals surface area contributed by atoms with Gasteiger partial charge in [0, 0.05) is 54.1 Å². The second kappa shape index (κ2) is 23.8. The third-order valence-electron chi connectivity index (χ3n) is 15.2. The molecule has 23 heteroatoms. The van der Waals surface area contributed by atoms with Gasteiger partial charge in [0.05, 0.1) is 54.7 Å². The minimum atomic E-state index is -2.06. The number of ether oxygens (including phenoxy) is 2. The van der Waals surface area contributed by atoms with Gasteiger partial charge in [-0.15, -0.1) is 0 Å². The standard InChI is InChI=1S/C56H62FN9O13/c1-3-56(77)36-22-41-51-34(27-66(41)54(75)35(36)28-78-55(56)76)50-38(16-15-33-30(2)37(57)23-39(63-51)49(33)50)64-53(74)42(21-32-13-14-32)79-29-61-45(69)25-60-52(73)40(20-31-10-6-4-7-11-31)62-46(70)26-59-44(68)24-58-43(67)12-8-5-9-19-65-47(71)17-18-48(65)72/h4,6-7,10-11,17-18,22-23,32,38,40,42,77H,3,5,8-9,12-16,19-21,24-29H2,1-2H3,(H,58,67)(H,59,68)(H,60,73)(H,61,69)(H,62,70)(H,64,74)/t38-,40-,42?,56-/m0/s1. The molecular formula is C56H62FN9O13. The number of aliphatic hydroxyl groups is 1. The molecule has 7 N–H and O–H groups in total. The summed E-state index contributed by atoms with van der Waals surface area (Å²) in [5, 5.41) is 27.9. The minimum absolute atomic E-state index is 0.0394. The Morgan fingerprint density at radius 2 is 1.56 bits per heavy atom. The first-order valence-corrected chi connectivity index (χ1v) is 26.6. The molecule has 0 spiro atoms. The Morgan fingerprint density at radius 1 is 0.848 bits per heavy atom. The summed E-state index contributed by atoms with van der Waals surface area (Å²) in [5.74, 6) is -5.43. The van der Waals surface area contributed by atoms with Gasteiger partial charge in [-0.25, -0.2) is 14.2 Å². The number of cyclic esters (lactones) is 1. The van der Waals surface area contributed by atoms with Crippen molar-refractivity contribution in [2.24, 2.45) is 5.92 Å². The number of carbonyl (C=O) groups excluding carboxylic acids is 9. The van der Waals surface area contributed by atoms with Crippen molar-refractivity contribution in [1.82, 2.24) is 46.4 Å². The van der Waals surface area contributed by atoms with E-state index in [1.165, 1.54) is 22.8 Å². The monoisotopic (exact) mass is 1090 g/mol. The fraction of sp³-hybridized carbons (Fsp3) is 0.446. The number of fused-ring (bicyclic) bond motifs is 5. The predicted octanol–water partition coefficient (Wildman–Crippen LogP) is 1.45. The van der Waals surface area contributed by atoms with Crippen LogP contribution in [0, 0.1) is 18.7 Å². The maximum Gasteiger partial charge on any atom is 0.343 e. The summed E-state index contributed by atoms with van der Waals surface area (Å²) in [7, 11) is 0. The van der Waals surface area contributed by atoms with Gasteiger partial charge in [0.2, 0.25) is 35.4 Å². The molecular weight excluding hydrogens is 1030 g/mol. The van der Waals surface area contributed by atoms with E-state index in [4.69, 9.17) is 14.5 Å². The molecule has 2 aromatic carbocycles. The Kier molecular flexibility index (Phi) is 16.8. The maximum atomic E-state index is 15.5. The molecule has 9 rings (SSSR count). The van der Waals surface area contributed by atoms with E-state index in [0.29, 0.717) is 83.1 Å². The molecule has 0 saturated heterocycles. The zero-order valence-electron chi connectivity index (χ0n) is 43.8. The van der Waals surface area contributed by atoms with Crippen molar-refractivity contribution < 1.29 is 62.1 Å². The van der Waals surface area contributed by atoms with Crippen LogP contribution in [0.3, 0.4) is 0 Å². The molecule has 1 saturated carbocycles. The van der Waals surface area contributed by atoms with Crippen LogP contribution in [-0.4, -0.2) is 118 Å². The Morgan fingerprint density at radius 3 is 2.29 bits per heavy atom. The lowest BCUT2D eigenvalue weighted by molar-refractivity contribution is -0.172. The highest BCUT2D eigenvalue weighted by atomic mass is 19.1. The van der Waals surface area contributed by atoms with Crippen molar-refractivity contribution in [3.05, 3.63) is 110 Å². The lowest BCUT2D eigenvalue weighted by Crippen LogP contribution is -2.52. The molecule has 2 aromatic heterocycles. The van der Waals surface area contributed by atoms with Crippen LogP contribution in [0.1, 0.15) is 110 Å². The van der Waals surface area contributed by atoms with Crippen molar-refractivity contribution in [2.75, 3.05) is 32.9 Å². The highest BCUT2D eigenvalue weighted by Gasteiger charge is 2.46. The molecule has 8 amide bonds. The minimum Gasteiger partial charge on any atom is -0.458 e. The first kappa shape index (κ1) is 55.6. The molecule has 79 heavy (non-hydrogen) atoms. The molecule has 0 radical (unpaired) electrons. The fourth-order valence-corrected chi connectivity index (χ4v) is 10.6. The van der Waals surface area contributed by atoms with Crippen molar-refractivity contribution in [3.63, 3.8) is 0 Å². The number of unbranched alkanes of at least 4 members (excludes halogenated alkanes) is 2. The normalized spacial score (nSPS) is 18.5. The van der Waals surface area contributed by atoms with Crippen LogP contribution in [0.25, 0.3) is 22.3 Å². The molecule has 416 valence electrons. The van der Waals surface area contributed by atoms with Crippen molar-refractivity contribution in [3.8, 4) is 11.4 Å². The van der Waals surface area contributed by atoms with Gasteiger partial charge in [-0.2, -0.15) is 0 Å². The summed E-state index contributed by atoms with van der Waals surface area (Å²) in [6, 6.07) is 9.92. The van der Waals surface area contributed by atoms with Gasteiger partial charge in [-0.1, -0.05) is 56.5 Å². The van der Waals surface area contributed by atoms with Gasteiger partial charge >= 0.3 is 5.97 Å². The summed E-state index contributed by atoms with van der Waals surface area (Å²) >= 11 is 0. The first-order chi connectivity index (χ1) is 37.9. The smallest absolute Gasteiger partial charge is 0.343 e. The van der Waals surface area contributed by atoms with E-state index >= 15 is 4.39 Å². The molecule has 1 unspecified atom stereocenters. The van der Waals surface area contributed by atoms with Crippen LogP contribution >= 0.6 is 0 Å². The van der Waals surface area contributed by atoms with Gasteiger partial charge in [0.1, 0.15) is 31.3 Å². The quantitative estimate of drug-likeness (QED) is 0.0199. The third kappa shape index (κ3) is 12.3. The molecule has 4 atom stereocenters. The predicted molar refractivity (Wildman–Crippen MR) is 279 cm³/mol. The van der Waals surface area contributed by atoms with E-state index in [0.717, 1.165) is 23.3 Å². The summed E-state index contributed by atoms with van der Waals surface area (Å²) in [5.41, 5.74) is 1.96. The number of aryl methyl sites for hydroxylation is 1. The topological polar surface area (TPSA) is 303 Å². The number of hydrogen-bond donors (Lipinski definition) is 7. The summed E-state index contributed by atoms with van der Waals surface area (Å²) in [4.78, 5) is 135.